The highest BCUT2D eigenvalue weighted by Crippen LogP contribution is 2.54. The van der Waals surface area contributed by atoms with Crippen LogP contribution in [0.1, 0.15) is 44.1 Å². The molecule has 206 valence electrons. The monoisotopic (exact) mass is 544 g/mol. The van der Waals surface area contributed by atoms with Crippen LogP contribution in [-0.4, -0.2) is 53.2 Å². The Hall–Kier alpha value is -2.12. The maximum atomic E-state index is 14.7. The van der Waals surface area contributed by atoms with E-state index >= 15 is 0 Å². The zero-order valence-corrected chi connectivity index (χ0v) is 18.5. The number of carbonyl (C=O) groups excluding carboxylic acids is 1. The van der Waals surface area contributed by atoms with Gasteiger partial charge in [-0.1, -0.05) is 36.8 Å². The van der Waals surface area contributed by atoms with Gasteiger partial charge in [0, 0.05) is 0 Å². The molecule has 0 aromatic heterocycles. The first-order chi connectivity index (χ1) is 16.4. The lowest BCUT2D eigenvalue weighted by molar-refractivity contribution is -0.380. The summed E-state index contributed by atoms with van der Waals surface area (Å²) in [6, 6.07) is 6.81. The third-order valence-corrected chi connectivity index (χ3v) is 6.10. The second kappa shape index (κ2) is 10.7. The van der Waals surface area contributed by atoms with Crippen molar-refractivity contribution in [1.29, 1.82) is 0 Å². The second-order valence-electron chi connectivity index (χ2n) is 8.69. The quantitative estimate of drug-likeness (QED) is 0.283. The predicted octanol–water partition coefficient (Wildman–Crippen LogP) is 6.58. The van der Waals surface area contributed by atoms with E-state index in [0.29, 0.717) is 19.3 Å². The molecule has 1 fully saturated rings. The maximum Gasteiger partial charge on any atom is 0.459 e. The number of aryl methyl sites for hydroxylation is 1. The van der Waals surface area contributed by atoms with Gasteiger partial charge < -0.3 is 9.84 Å². The lowest BCUT2D eigenvalue weighted by Gasteiger charge is -2.41. The molecule has 0 spiro atoms. The molecule has 1 aromatic rings. The number of esters is 1. The Morgan fingerprint density at radius 1 is 0.917 bits per heavy atom. The number of hydrogen-bond donors (Lipinski definition) is 1. The molecule has 0 saturated heterocycles. The summed E-state index contributed by atoms with van der Waals surface area (Å²) in [6.45, 7) is 0. The third-order valence-electron chi connectivity index (χ3n) is 6.10. The fourth-order valence-electron chi connectivity index (χ4n) is 4.05. The molecule has 1 aliphatic carbocycles. The van der Waals surface area contributed by atoms with Gasteiger partial charge in [0.05, 0.1) is 0 Å². The van der Waals surface area contributed by atoms with Gasteiger partial charge >= 0.3 is 30.2 Å². The van der Waals surface area contributed by atoms with Gasteiger partial charge in [0.2, 0.25) is 0 Å². The first kappa shape index (κ1) is 30.1. The summed E-state index contributed by atoms with van der Waals surface area (Å²) in [5.41, 5.74) is -4.12. The summed E-state index contributed by atoms with van der Waals surface area (Å²) in [5.74, 6) is -21.2. The van der Waals surface area contributed by atoms with Crippen LogP contribution in [0.5, 0.6) is 0 Å². The van der Waals surface area contributed by atoms with Gasteiger partial charge in [0.25, 0.3) is 0 Å². The van der Waals surface area contributed by atoms with Gasteiger partial charge in [-0.3, -0.25) is 0 Å². The van der Waals surface area contributed by atoms with Crippen LogP contribution in [0.3, 0.4) is 0 Å². The van der Waals surface area contributed by atoms with Crippen molar-refractivity contribution >= 4 is 5.97 Å². The average Bonchev–Trinajstić information content (AvgIpc) is 2.77. The van der Waals surface area contributed by atoms with E-state index < -0.39 is 66.8 Å². The molecule has 14 heteroatoms. The molecule has 1 aromatic carbocycles. The Labute approximate surface area is 198 Å². The van der Waals surface area contributed by atoms with Crippen molar-refractivity contribution in [3.8, 4) is 0 Å². The summed E-state index contributed by atoms with van der Waals surface area (Å²) in [4.78, 5) is 12.7. The molecule has 3 unspecified atom stereocenters. The van der Waals surface area contributed by atoms with E-state index in [1.807, 2.05) is 0 Å². The molecular formula is C22H23F11O3. The Kier molecular flexibility index (Phi) is 8.95. The third kappa shape index (κ3) is 6.23. The first-order valence-corrected chi connectivity index (χ1v) is 10.9. The zero-order chi connectivity index (χ0) is 27.6. The average molecular weight is 544 g/mol. The van der Waals surface area contributed by atoms with Crippen molar-refractivity contribution in [2.45, 2.75) is 87.0 Å². The van der Waals surface area contributed by atoms with Crippen LogP contribution in [0, 0.1) is 5.92 Å². The van der Waals surface area contributed by atoms with Crippen molar-refractivity contribution < 1.29 is 62.9 Å². The van der Waals surface area contributed by atoms with E-state index in [0.717, 1.165) is 0 Å². The van der Waals surface area contributed by atoms with Crippen molar-refractivity contribution in [2.75, 3.05) is 0 Å². The molecule has 1 aliphatic rings. The molecule has 1 saturated carbocycles. The molecule has 0 radical (unpaired) electrons. The topological polar surface area (TPSA) is 46.5 Å². The Balaban J connectivity index is 2.55. The fourth-order valence-corrected chi connectivity index (χ4v) is 4.05. The van der Waals surface area contributed by atoms with E-state index in [1.165, 1.54) is 30.3 Å². The first-order valence-electron chi connectivity index (χ1n) is 10.9. The second-order valence-corrected chi connectivity index (χ2v) is 8.69. The van der Waals surface area contributed by atoms with E-state index in [4.69, 9.17) is 4.74 Å². The van der Waals surface area contributed by atoms with Crippen molar-refractivity contribution in [3.05, 3.63) is 35.9 Å². The molecule has 0 aliphatic heterocycles. The molecule has 1 N–H and O–H groups in total. The van der Waals surface area contributed by atoms with Gasteiger partial charge in [-0.25, -0.2) is 9.18 Å². The summed E-state index contributed by atoms with van der Waals surface area (Å²) in [5, 5.41) is 10.8. The SMILES string of the molecule is O=C(OC1CCCCC1)C(O)(CCc1ccccc1)C(C(F)C(F)(F)C(F)(F)C(F)(F)F)C(F)(F)F. The highest BCUT2D eigenvalue weighted by Gasteiger charge is 2.80. The molecular weight excluding hydrogens is 521 g/mol. The van der Waals surface area contributed by atoms with Crippen LogP contribution >= 0.6 is 0 Å². The molecule has 36 heavy (non-hydrogen) atoms. The van der Waals surface area contributed by atoms with E-state index in [9.17, 15) is 58.2 Å². The lowest BCUT2D eigenvalue weighted by Crippen LogP contribution is -2.65. The van der Waals surface area contributed by atoms with Crippen LogP contribution in [0.2, 0.25) is 0 Å². The predicted molar refractivity (Wildman–Crippen MR) is 103 cm³/mol. The van der Waals surface area contributed by atoms with E-state index in [1.54, 1.807) is 0 Å². The molecule has 0 heterocycles. The van der Waals surface area contributed by atoms with E-state index in [2.05, 4.69) is 0 Å². The normalized spacial score (nSPS) is 19.9. The molecule has 2 rings (SSSR count). The minimum atomic E-state index is -7.25. The van der Waals surface area contributed by atoms with Gasteiger partial charge in [0.15, 0.2) is 11.8 Å². The summed E-state index contributed by atoms with van der Waals surface area (Å²) in [6.07, 6.45) is -20.3. The minimum Gasteiger partial charge on any atom is -0.460 e. The van der Waals surface area contributed by atoms with Gasteiger partial charge in [-0.05, 0) is 44.1 Å². The Morgan fingerprint density at radius 3 is 1.92 bits per heavy atom. The van der Waals surface area contributed by atoms with Crippen LogP contribution in [0.25, 0.3) is 0 Å². The molecule has 3 nitrogen and oxygen atoms in total. The smallest absolute Gasteiger partial charge is 0.459 e. The fraction of sp³-hybridized carbons (Fsp3) is 0.682. The number of carbonyl (C=O) groups is 1. The van der Waals surface area contributed by atoms with Crippen LogP contribution in [-0.2, 0) is 16.0 Å². The number of hydrogen-bond acceptors (Lipinski definition) is 3. The summed E-state index contributed by atoms with van der Waals surface area (Å²) < 4.78 is 154. The number of alkyl halides is 11. The maximum absolute atomic E-state index is 14.7. The largest absolute Gasteiger partial charge is 0.460 e. The molecule has 0 bridgehead atoms. The number of halogens is 11. The summed E-state index contributed by atoms with van der Waals surface area (Å²) >= 11 is 0. The Morgan fingerprint density at radius 2 is 1.44 bits per heavy atom. The highest BCUT2D eigenvalue weighted by molar-refractivity contribution is 5.80. The molecule has 0 amide bonds. The van der Waals surface area contributed by atoms with Gasteiger partial charge in [-0.15, -0.1) is 0 Å². The number of ether oxygens (including phenoxy) is 1. The van der Waals surface area contributed by atoms with Crippen LogP contribution in [0.4, 0.5) is 48.3 Å². The Bertz CT molecular complexity index is 864. The zero-order valence-electron chi connectivity index (χ0n) is 18.5. The number of benzene rings is 1. The van der Waals surface area contributed by atoms with Crippen LogP contribution < -0.4 is 0 Å². The lowest BCUT2D eigenvalue weighted by atomic mass is 9.76. The van der Waals surface area contributed by atoms with Crippen molar-refractivity contribution in [3.63, 3.8) is 0 Å². The molecule has 3 atom stereocenters. The highest BCUT2D eigenvalue weighted by atomic mass is 19.4. The van der Waals surface area contributed by atoms with Crippen molar-refractivity contribution in [1.82, 2.24) is 0 Å². The number of rotatable bonds is 9. The summed E-state index contributed by atoms with van der Waals surface area (Å²) in [7, 11) is 0. The van der Waals surface area contributed by atoms with Crippen molar-refractivity contribution in [2.24, 2.45) is 5.92 Å². The van der Waals surface area contributed by atoms with Crippen LogP contribution in [0.15, 0.2) is 30.3 Å². The minimum absolute atomic E-state index is 0.110. The van der Waals surface area contributed by atoms with E-state index in [-0.39, 0.29) is 18.4 Å². The standard InChI is InChI=1S/C22H23F11O3/c23-16(19(24,25)21(29,30)22(31,32)33)15(20(26,27)28)18(35,12-11-13-7-3-1-4-8-13)17(34)36-14-9-5-2-6-10-14/h1,3-4,7-8,14-16,35H,2,5-6,9-12H2. The van der Waals surface area contributed by atoms with Gasteiger partial charge in [0.1, 0.15) is 12.0 Å². The number of aliphatic hydroxyl groups is 1. The van der Waals surface area contributed by atoms with Gasteiger partial charge in [-0.2, -0.15) is 43.9 Å².